The number of anilines is 1. The molecule has 106 valence electrons. The van der Waals surface area contributed by atoms with Gasteiger partial charge in [0, 0.05) is 26.3 Å². The highest BCUT2D eigenvalue weighted by Gasteiger charge is 2.35. The van der Waals surface area contributed by atoms with Gasteiger partial charge in [0.05, 0.1) is 5.02 Å². The Bertz CT molecular complexity index is 566. The average Bonchev–Trinajstić information content (AvgIpc) is 2.70. The lowest BCUT2D eigenvalue weighted by Gasteiger charge is -2.16. The number of sulfonamides is 1. The fourth-order valence-corrected chi connectivity index (χ4v) is 4.11. The highest BCUT2D eigenvalue weighted by atomic mass is 35.5. The second-order valence-electron chi connectivity index (χ2n) is 5.03. The van der Waals surface area contributed by atoms with Crippen LogP contribution in [0.1, 0.15) is 13.8 Å². The number of nitrogens with zero attached hydrogens (tertiary/aromatic N) is 2. The van der Waals surface area contributed by atoms with Gasteiger partial charge in [-0.3, -0.25) is 0 Å². The van der Waals surface area contributed by atoms with Crippen molar-refractivity contribution in [3.63, 3.8) is 0 Å². The highest BCUT2D eigenvalue weighted by molar-refractivity contribution is 7.89. The molecule has 0 radical (unpaired) electrons. The summed E-state index contributed by atoms with van der Waals surface area (Å²) in [7, 11) is -1.81. The van der Waals surface area contributed by atoms with Crippen LogP contribution in [0.2, 0.25) is 5.02 Å². The van der Waals surface area contributed by atoms with E-state index in [0.29, 0.717) is 35.8 Å². The van der Waals surface area contributed by atoms with Crippen LogP contribution in [0.4, 0.5) is 5.82 Å². The first-order valence-electron chi connectivity index (χ1n) is 6.19. The Hall–Kier alpha value is -0.850. The molecule has 0 aliphatic carbocycles. The Morgan fingerprint density at radius 2 is 1.95 bits per heavy atom. The molecule has 2 unspecified atom stereocenters. The summed E-state index contributed by atoms with van der Waals surface area (Å²) in [5, 5.41) is 3.12. The van der Waals surface area contributed by atoms with E-state index in [0.717, 1.165) is 0 Å². The largest absolute Gasteiger partial charge is 0.372 e. The Labute approximate surface area is 119 Å². The van der Waals surface area contributed by atoms with Gasteiger partial charge in [0.15, 0.2) is 0 Å². The van der Waals surface area contributed by atoms with Crippen molar-refractivity contribution in [3.8, 4) is 0 Å². The molecule has 0 aromatic carbocycles. The summed E-state index contributed by atoms with van der Waals surface area (Å²) in [6.45, 7) is 5.23. The minimum absolute atomic E-state index is 0.151. The number of rotatable bonds is 3. The molecule has 1 saturated heterocycles. The van der Waals surface area contributed by atoms with Gasteiger partial charge in [-0.05, 0) is 17.9 Å². The second kappa shape index (κ2) is 5.26. The number of hydrogen-bond donors (Lipinski definition) is 1. The Morgan fingerprint density at radius 3 is 2.42 bits per heavy atom. The van der Waals surface area contributed by atoms with Crippen LogP contribution in [-0.4, -0.2) is 37.8 Å². The van der Waals surface area contributed by atoms with Crippen molar-refractivity contribution >= 4 is 27.4 Å². The van der Waals surface area contributed by atoms with Crippen molar-refractivity contribution in [1.29, 1.82) is 0 Å². The smallest absolute Gasteiger partial charge is 0.244 e. The number of pyridine rings is 1. The lowest BCUT2D eigenvalue weighted by Crippen LogP contribution is -2.29. The van der Waals surface area contributed by atoms with Gasteiger partial charge in [-0.15, -0.1) is 0 Å². The van der Waals surface area contributed by atoms with Crippen LogP contribution in [0.15, 0.2) is 17.2 Å². The second-order valence-corrected chi connectivity index (χ2v) is 7.37. The molecular formula is C12H18ClN3O2S. The standard InChI is InChI=1S/C12H18ClN3O2S/c1-8-6-16(7-9(8)2)19(17,18)10-4-11(13)12(14-3)15-5-10/h4-5,8-9H,6-7H2,1-3H3,(H,14,15). The summed E-state index contributed by atoms with van der Waals surface area (Å²) >= 11 is 5.99. The molecule has 1 fully saturated rings. The van der Waals surface area contributed by atoms with Crippen LogP contribution in [0, 0.1) is 11.8 Å². The quantitative estimate of drug-likeness (QED) is 0.928. The summed E-state index contributed by atoms with van der Waals surface area (Å²) in [5.74, 6) is 1.22. The van der Waals surface area contributed by atoms with Crippen molar-refractivity contribution in [1.82, 2.24) is 9.29 Å². The van der Waals surface area contributed by atoms with Gasteiger partial charge in [0.25, 0.3) is 0 Å². The first-order chi connectivity index (χ1) is 8.86. The molecule has 0 amide bonds. The number of hydrogen-bond acceptors (Lipinski definition) is 4. The topological polar surface area (TPSA) is 62.3 Å². The van der Waals surface area contributed by atoms with Gasteiger partial charge < -0.3 is 5.32 Å². The van der Waals surface area contributed by atoms with Gasteiger partial charge in [-0.25, -0.2) is 13.4 Å². The van der Waals surface area contributed by atoms with Gasteiger partial charge in [0.1, 0.15) is 10.7 Å². The summed E-state index contributed by atoms with van der Waals surface area (Å²) in [6.07, 6.45) is 1.35. The molecule has 5 nitrogen and oxygen atoms in total. The third-order valence-corrected chi connectivity index (χ3v) is 5.73. The third-order valence-electron chi connectivity index (χ3n) is 3.65. The lowest BCUT2D eigenvalue weighted by atomic mass is 10.0. The van der Waals surface area contributed by atoms with E-state index in [1.54, 1.807) is 7.05 Å². The molecule has 2 heterocycles. The predicted molar refractivity (Wildman–Crippen MR) is 75.9 cm³/mol. The molecule has 19 heavy (non-hydrogen) atoms. The van der Waals surface area contributed by atoms with Crippen molar-refractivity contribution in [3.05, 3.63) is 17.3 Å². The van der Waals surface area contributed by atoms with Crippen molar-refractivity contribution in [2.75, 3.05) is 25.5 Å². The van der Waals surface area contributed by atoms with Crippen LogP contribution in [-0.2, 0) is 10.0 Å². The zero-order valence-electron chi connectivity index (χ0n) is 11.2. The maximum atomic E-state index is 12.5. The van der Waals surface area contributed by atoms with Gasteiger partial charge >= 0.3 is 0 Å². The van der Waals surface area contributed by atoms with E-state index < -0.39 is 10.0 Å². The normalized spacial score (nSPS) is 24.6. The molecule has 2 rings (SSSR count). The van der Waals surface area contributed by atoms with Crippen LogP contribution in [0.3, 0.4) is 0 Å². The molecule has 1 aliphatic rings. The van der Waals surface area contributed by atoms with E-state index in [4.69, 9.17) is 11.6 Å². The first-order valence-corrected chi connectivity index (χ1v) is 8.01. The monoisotopic (exact) mass is 303 g/mol. The van der Waals surface area contributed by atoms with Crippen molar-refractivity contribution in [2.24, 2.45) is 11.8 Å². The predicted octanol–water partition coefficient (Wildman–Crippen LogP) is 2.05. The minimum atomic E-state index is -3.49. The van der Waals surface area contributed by atoms with Gasteiger partial charge in [-0.1, -0.05) is 25.4 Å². The Balaban J connectivity index is 2.33. The van der Waals surface area contributed by atoms with E-state index in [-0.39, 0.29) is 4.90 Å². The third kappa shape index (κ3) is 2.70. The van der Waals surface area contributed by atoms with E-state index >= 15 is 0 Å². The minimum Gasteiger partial charge on any atom is -0.372 e. The summed E-state index contributed by atoms with van der Waals surface area (Å²) < 4.78 is 26.5. The van der Waals surface area contributed by atoms with Crippen LogP contribution < -0.4 is 5.32 Å². The van der Waals surface area contributed by atoms with E-state index in [1.165, 1.54) is 16.6 Å². The summed E-state index contributed by atoms with van der Waals surface area (Å²) in [5.41, 5.74) is 0. The molecule has 0 bridgehead atoms. The van der Waals surface area contributed by atoms with E-state index in [1.807, 2.05) is 0 Å². The van der Waals surface area contributed by atoms with Crippen LogP contribution in [0.5, 0.6) is 0 Å². The molecule has 0 saturated carbocycles. The molecule has 1 aromatic heterocycles. The maximum absolute atomic E-state index is 12.5. The molecule has 1 aliphatic heterocycles. The molecule has 0 spiro atoms. The fourth-order valence-electron chi connectivity index (χ4n) is 2.17. The SMILES string of the molecule is CNc1ncc(S(=O)(=O)N2CC(C)C(C)C2)cc1Cl. The number of nitrogens with one attached hydrogen (secondary N) is 1. The maximum Gasteiger partial charge on any atom is 0.244 e. The molecule has 7 heteroatoms. The summed E-state index contributed by atoms with van der Waals surface area (Å²) in [6, 6.07) is 1.45. The van der Waals surface area contributed by atoms with Crippen LogP contribution in [0.25, 0.3) is 0 Å². The number of aromatic nitrogens is 1. The first kappa shape index (κ1) is 14.6. The van der Waals surface area contributed by atoms with Crippen LogP contribution >= 0.6 is 11.6 Å². The van der Waals surface area contributed by atoms with Gasteiger partial charge in [-0.2, -0.15) is 4.31 Å². The molecular weight excluding hydrogens is 286 g/mol. The number of halogens is 1. The van der Waals surface area contributed by atoms with E-state index in [2.05, 4.69) is 24.1 Å². The summed E-state index contributed by atoms with van der Waals surface area (Å²) in [4.78, 5) is 4.17. The highest BCUT2D eigenvalue weighted by Crippen LogP contribution is 2.29. The van der Waals surface area contributed by atoms with E-state index in [9.17, 15) is 8.42 Å². The zero-order chi connectivity index (χ0) is 14.2. The Kier molecular flexibility index (Phi) is 4.03. The fraction of sp³-hybridized carbons (Fsp3) is 0.583. The zero-order valence-corrected chi connectivity index (χ0v) is 12.8. The molecule has 1 aromatic rings. The van der Waals surface area contributed by atoms with Crippen molar-refractivity contribution < 1.29 is 8.42 Å². The molecule has 1 N–H and O–H groups in total. The average molecular weight is 304 g/mol. The molecule has 2 atom stereocenters. The Morgan fingerprint density at radius 1 is 1.37 bits per heavy atom. The van der Waals surface area contributed by atoms with Gasteiger partial charge in [0.2, 0.25) is 10.0 Å². The van der Waals surface area contributed by atoms with Crippen molar-refractivity contribution in [2.45, 2.75) is 18.7 Å². The lowest BCUT2D eigenvalue weighted by molar-refractivity contribution is 0.463.